The SMILES string of the molecule is CC(=O)N1CCC(Nc2ccc3nnc(C(F)F)n3n2)CC1. The molecular formula is C13H16F2N6O. The Labute approximate surface area is 125 Å². The van der Waals surface area contributed by atoms with E-state index in [2.05, 4.69) is 20.6 Å². The van der Waals surface area contributed by atoms with Crippen molar-refractivity contribution in [1.29, 1.82) is 0 Å². The van der Waals surface area contributed by atoms with E-state index in [9.17, 15) is 13.6 Å². The van der Waals surface area contributed by atoms with Gasteiger partial charge in [0.15, 0.2) is 5.65 Å². The van der Waals surface area contributed by atoms with E-state index >= 15 is 0 Å². The average molecular weight is 310 g/mol. The number of aromatic nitrogens is 4. The van der Waals surface area contributed by atoms with Crippen LogP contribution in [0.3, 0.4) is 0 Å². The summed E-state index contributed by atoms with van der Waals surface area (Å²) < 4.78 is 26.7. The Bertz CT molecular complexity index is 680. The van der Waals surface area contributed by atoms with Crippen molar-refractivity contribution in [2.75, 3.05) is 18.4 Å². The molecule has 1 fully saturated rings. The molecule has 0 atom stereocenters. The standard InChI is InChI=1S/C13H16F2N6O/c1-8(22)20-6-4-9(5-7-20)16-10-2-3-11-17-18-13(12(14)15)21(11)19-10/h2-3,9,12H,4-7H2,1H3,(H,16,19). The monoisotopic (exact) mass is 310 g/mol. The van der Waals surface area contributed by atoms with Crippen molar-refractivity contribution in [2.45, 2.75) is 32.2 Å². The largest absolute Gasteiger partial charge is 0.366 e. The predicted molar refractivity (Wildman–Crippen MR) is 74.6 cm³/mol. The highest BCUT2D eigenvalue weighted by atomic mass is 19.3. The van der Waals surface area contributed by atoms with Gasteiger partial charge in [0.05, 0.1) is 0 Å². The first kappa shape index (κ1) is 14.6. The van der Waals surface area contributed by atoms with Crippen molar-refractivity contribution < 1.29 is 13.6 Å². The minimum atomic E-state index is -2.73. The molecule has 118 valence electrons. The maximum Gasteiger partial charge on any atom is 0.299 e. The number of amides is 1. The number of hydrogen-bond donors (Lipinski definition) is 1. The van der Waals surface area contributed by atoms with Crippen molar-refractivity contribution in [3.05, 3.63) is 18.0 Å². The topological polar surface area (TPSA) is 75.4 Å². The van der Waals surface area contributed by atoms with Gasteiger partial charge in [0.25, 0.3) is 6.43 Å². The third kappa shape index (κ3) is 2.83. The lowest BCUT2D eigenvalue weighted by atomic mass is 10.1. The number of nitrogens with one attached hydrogen (secondary N) is 1. The predicted octanol–water partition coefficient (Wildman–Crippen LogP) is 1.48. The number of nitrogens with zero attached hydrogens (tertiary/aromatic N) is 5. The second-order valence-electron chi connectivity index (χ2n) is 5.27. The van der Waals surface area contributed by atoms with E-state index in [1.54, 1.807) is 24.0 Å². The third-order valence-corrected chi connectivity index (χ3v) is 3.77. The molecular weight excluding hydrogens is 294 g/mol. The Kier molecular flexibility index (Phi) is 3.86. The fourth-order valence-corrected chi connectivity index (χ4v) is 2.57. The zero-order chi connectivity index (χ0) is 15.7. The van der Waals surface area contributed by atoms with E-state index in [1.807, 2.05) is 0 Å². The van der Waals surface area contributed by atoms with Crippen LogP contribution in [0.2, 0.25) is 0 Å². The molecule has 1 aliphatic rings. The molecule has 1 saturated heterocycles. The summed E-state index contributed by atoms with van der Waals surface area (Å²) in [6, 6.07) is 3.45. The van der Waals surface area contributed by atoms with Gasteiger partial charge in [-0.1, -0.05) is 0 Å². The van der Waals surface area contributed by atoms with E-state index in [-0.39, 0.29) is 17.6 Å². The van der Waals surface area contributed by atoms with E-state index in [0.29, 0.717) is 18.9 Å². The van der Waals surface area contributed by atoms with E-state index < -0.39 is 12.2 Å². The van der Waals surface area contributed by atoms with Crippen LogP contribution in [-0.4, -0.2) is 49.7 Å². The van der Waals surface area contributed by atoms with E-state index in [4.69, 9.17) is 0 Å². The lowest BCUT2D eigenvalue weighted by Crippen LogP contribution is -2.41. The van der Waals surface area contributed by atoms with Crippen LogP contribution in [0.25, 0.3) is 5.65 Å². The molecule has 2 aromatic rings. The molecule has 0 aliphatic carbocycles. The van der Waals surface area contributed by atoms with Crippen molar-refractivity contribution in [3.63, 3.8) is 0 Å². The number of likely N-dealkylation sites (tertiary alicyclic amines) is 1. The minimum absolute atomic E-state index is 0.0732. The number of alkyl halides is 2. The lowest BCUT2D eigenvalue weighted by molar-refractivity contribution is -0.129. The van der Waals surface area contributed by atoms with Gasteiger partial charge >= 0.3 is 0 Å². The number of piperidine rings is 1. The first-order chi connectivity index (χ1) is 10.5. The van der Waals surface area contributed by atoms with Crippen LogP contribution < -0.4 is 5.32 Å². The highest BCUT2D eigenvalue weighted by Crippen LogP contribution is 2.19. The van der Waals surface area contributed by atoms with Crippen LogP contribution in [-0.2, 0) is 4.79 Å². The molecule has 2 aromatic heterocycles. The lowest BCUT2D eigenvalue weighted by Gasteiger charge is -2.31. The molecule has 0 radical (unpaired) electrons. The Balaban J connectivity index is 1.72. The summed E-state index contributed by atoms with van der Waals surface area (Å²) in [6.45, 7) is 2.93. The first-order valence-corrected chi connectivity index (χ1v) is 7.07. The van der Waals surface area contributed by atoms with Gasteiger partial charge in [0.1, 0.15) is 5.82 Å². The number of carbonyl (C=O) groups is 1. The second-order valence-corrected chi connectivity index (χ2v) is 5.27. The first-order valence-electron chi connectivity index (χ1n) is 7.07. The smallest absolute Gasteiger partial charge is 0.299 e. The van der Waals surface area contributed by atoms with Crippen LogP contribution in [0.5, 0.6) is 0 Å². The molecule has 0 bridgehead atoms. The molecule has 1 amide bonds. The van der Waals surface area contributed by atoms with Crippen molar-refractivity contribution in [2.24, 2.45) is 0 Å². The van der Waals surface area contributed by atoms with Crippen molar-refractivity contribution >= 4 is 17.4 Å². The highest BCUT2D eigenvalue weighted by molar-refractivity contribution is 5.73. The minimum Gasteiger partial charge on any atom is -0.366 e. The quantitative estimate of drug-likeness (QED) is 0.929. The molecule has 0 saturated carbocycles. The number of halogens is 2. The number of rotatable bonds is 3. The van der Waals surface area contributed by atoms with Gasteiger partial charge in [0.2, 0.25) is 11.7 Å². The second kappa shape index (κ2) is 5.82. The van der Waals surface area contributed by atoms with Crippen LogP contribution in [0.4, 0.5) is 14.6 Å². The third-order valence-electron chi connectivity index (χ3n) is 3.77. The van der Waals surface area contributed by atoms with Crippen LogP contribution in [0.15, 0.2) is 12.1 Å². The van der Waals surface area contributed by atoms with Gasteiger partial charge in [-0.2, -0.15) is 4.52 Å². The number of anilines is 1. The fourth-order valence-electron chi connectivity index (χ4n) is 2.57. The molecule has 1 N–H and O–H groups in total. The van der Waals surface area contributed by atoms with Crippen molar-refractivity contribution in [3.8, 4) is 0 Å². The molecule has 0 spiro atoms. The fraction of sp³-hybridized carbons (Fsp3) is 0.538. The Morgan fingerprint density at radius 2 is 2.05 bits per heavy atom. The summed E-state index contributed by atoms with van der Waals surface area (Å²) in [5, 5.41) is 14.4. The van der Waals surface area contributed by atoms with Gasteiger partial charge in [-0.3, -0.25) is 4.79 Å². The van der Waals surface area contributed by atoms with E-state index in [0.717, 1.165) is 17.4 Å². The van der Waals surface area contributed by atoms with Crippen LogP contribution in [0.1, 0.15) is 32.0 Å². The summed E-state index contributed by atoms with van der Waals surface area (Å²) in [7, 11) is 0. The summed E-state index contributed by atoms with van der Waals surface area (Å²) in [5.74, 6) is 0.101. The molecule has 0 unspecified atom stereocenters. The zero-order valence-corrected chi connectivity index (χ0v) is 12.0. The molecule has 7 nitrogen and oxygen atoms in total. The summed E-state index contributed by atoms with van der Waals surface area (Å²) in [4.78, 5) is 13.1. The van der Waals surface area contributed by atoms with Gasteiger partial charge in [-0.15, -0.1) is 15.3 Å². The molecule has 1 aliphatic heterocycles. The summed E-state index contributed by atoms with van der Waals surface area (Å²) in [5.41, 5.74) is 0.284. The molecule has 3 rings (SSSR count). The van der Waals surface area contributed by atoms with Crippen LogP contribution >= 0.6 is 0 Å². The van der Waals surface area contributed by atoms with Gasteiger partial charge < -0.3 is 10.2 Å². The molecule has 22 heavy (non-hydrogen) atoms. The normalized spacial score (nSPS) is 16.5. The number of fused-ring (bicyclic) bond motifs is 1. The van der Waals surface area contributed by atoms with Gasteiger partial charge in [-0.25, -0.2) is 8.78 Å². The van der Waals surface area contributed by atoms with Gasteiger partial charge in [-0.05, 0) is 25.0 Å². The maximum absolute atomic E-state index is 12.8. The molecule has 3 heterocycles. The Hall–Kier alpha value is -2.32. The molecule has 0 aromatic carbocycles. The van der Waals surface area contributed by atoms with Gasteiger partial charge in [0, 0.05) is 26.1 Å². The number of carbonyl (C=O) groups excluding carboxylic acids is 1. The maximum atomic E-state index is 12.8. The molecule has 9 heteroatoms. The average Bonchev–Trinajstić information content (AvgIpc) is 2.91. The zero-order valence-electron chi connectivity index (χ0n) is 12.0. The number of hydrogen-bond acceptors (Lipinski definition) is 5. The highest BCUT2D eigenvalue weighted by Gasteiger charge is 2.21. The Morgan fingerprint density at radius 1 is 1.32 bits per heavy atom. The summed E-state index contributed by atoms with van der Waals surface area (Å²) in [6.07, 6.45) is -1.14. The van der Waals surface area contributed by atoms with Crippen molar-refractivity contribution in [1.82, 2.24) is 24.7 Å². The van der Waals surface area contributed by atoms with E-state index in [1.165, 1.54) is 0 Å². The van der Waals surface area contributed by atoms with Crippen LogP contribution in [0, 0.1) is 0 Å². The Morgan fingerprint density at radius 3 is 2.68 bits per heavy atom. The summed E-state index contributed by atoms with van der Waals surface area (Å²) >= 11 is 0.